The first-order valence-electron chi connectivity index (χ1n) is 6.29. The fourth-order valence-corrected chi connectivity index (χ4v) is 1.58. The molecule has 3 N–H and O–H groups in total. The fourth-order valence-electron chi connectivity index (χ4n) is 1.58. The smallest absolute Gasteiger partial charge is 0.311 e. The number of nitrogens with two attached hydrogens (primary N) is 1. The Hall–Kier alpha value is -2.15. The van der Waals surface area contributed by atoms with Gasteiger partial charge in [0, 0.05) is 18.7 Å². The maximum Gasteiger partial charge on any atom is 0.311 e. The van der Waals surface area contributed by atoms with Crippen molar-refractivity contribution in [3.05, 3.63) is 33.9 Å². The topological polar surface area (TPSA) is 107 Å². The van der Waals surface area contributed by atoms with E-state index < -0.39 is 11.0 Å². The lowest BCUT2D eigenvalue weighted by Crippen LogP contribution is -2.40. The second-order valence-corrected chi connectivity index (χ2v) is 4.69. The molecule has 1 atom stereocenters. The van der Waals surface area contributed by atoms with Crippen LogP contribution >= 0.6 is 0 Å². The average Bonchev–Trinajstić information content (AvgIpc) is 2.37. The lowest BCUT2D eigenvalue weighted by atomic mass is 10.2. The number of carbonyl (C=O) groups is 1. The lowest BCUT2D eigenvalue weighted by Gasteiger charge is -2.16. The molecular formula is C13H19N3O4. The second-order valence-electron chi connectivity index (χ2n) is 4.69. The van der Waals surface area contributed by atoms with Crippen molar-refractivity contribution in [2.75, 3.05) is 0 Å². The van der Waals surface area contributed by atoms with Crippen LogP contribution in [0.25, 0.3) is 0 Å². The quantitative estimate of drug-likeness (QED) is 0.604. The highest BCUT2D eigenvalue weighted by Gasteiger charge is 2.21. The van der Waals surface area contributed by atoms with Gasteiger partial charge in [0.25, 0.3) is 5.91 Å². The monoisotopic (exact) mass is 281 g/mol. The molecule has 1 amide bonds. The van der Waals surface area contributed by atoms with Gasteiger partial charge in [-0.15, -0.1) is 0 Å². The third-order valence-electron chi connectivity index (χ3n) is 2.56. The SMILES string of the molecule is CC(C)NC(=O)C(C)Oc1ccc(CN)cc1[N+](=O)[O-]. The summed E-state index contributed by atoms with van der Waals surface area (Å²) in [5, 5.41) is 13.7. The van der Waals surface area contributed by atoms with Gasteiger partial charge in [-0.1, -0.05) is 6.07 Å². The molecule has 1 aromatic rings. The number of ether oxygens (including phenoxy) is 1. The predicted molar refractivity (Wildman–Crippen MR) is 74.4 cm³/mol. The van der Waals surface area contributed by atoms with Crippen molar-refractivity contribution in [1.29, 1.82) is 0 Å². The number of hydrogen-bond acceptors (Lipinski definition) is 5. The van der Waals surface area contributed by atoms with Crippen molar-refractivity contribution in [3.63, 3.8) is 0 Å². The number of rotatable bonds is 6. The molecule has 0 fully saturated rings. The molecule has 20 heavy (non-hydrogen) atoms. The number of nitro benzene ring substituents is 1. The summed E-state index contributed by atoms with van der Waals surface area (Å²) in [6.07, 6.45) is -0.820. The van der Waals surface area contributed by atoms with Crippen molar-refractivity contribution in [2.24, 2.45) is 5.73 Å². The van der Waals surface area contributed by atoms with Gasteiger partial charge in [-0.3, -0.25) is 14.9 Å². The molecule has 1 rings (SSSR count). The maximum absolute atomic E-state index is 11.7. The van der Waals surface area contributed by atoms with Crippen molar-refractivity contribution >= 4 is 11.6 Å². The van der Waals surface area contributed by atoms with E-state index in [1.807, 2.05) is 13.8 Å². The van der Waals surface area contributed by atoms with Gasteiger partial charge in [-0.2, -0.15) is 0 Å². The first kappa shape index (κ1) is 15.9. The Bertz CT molecular complexity index is 502. The first-order chi connectivity index (χ1) is 9.35. The van der Waals surface area contributed by atoms with Crippen LogP contribution in [0.5, 0.6) is 5.75 Å². The molecule has 0 aliphatic heterocycles. The van der Waals surface area contributed by atoms with Gasteiger partial charge in [0.1, 0.15) is 0 Å². The summed E-state index contributed by atoms with van der Waals surface area (Å²) in [6.45, 7) is 5.38. The Labute approximate surface area is 117 Å². The summed E-state index contributed by atoms with van der Waals surface area (Å²) < 4.78 is 5.37. The molecule has 0 aliphatic carbocycles. The molecule has 0 saturated heterocycles. The number of benzene rings is 1. The molecule has 0 heterocycles. The molecular weight excluding hydrogens is 262 g/mol. The van der Waals surface area contributed by atoms with Crippen LogP contribution in [0.4, 0.5) is 5.69 Å². The van der Waals surface area contributed by atoms with E-state index >= 15 is 0 Å². The Balaban J connectivity index is 2.91. The van der Waals surface area contributed by atoms with Crippen molar-refractivity contribution in [3.8, 4) is 5.75 Å². The van der Waals surface area contributed by atoms with Crippen LogP contribution in [0.15, 0.2) is 18.2 Å². The van der Waals surface area contributed by atoms with Crippen LogP contribution in [0, 0.1) is 10.1 Å². The zero-order chi connectivity index (χ0) is 15.3. The summed E-state index contributed by atoms with van der Waals surface area (Å²) in [6, 6.07) is 4.42. The summed E-state index contributed by atoms with van der Waals surface area (Å²) >= 11 is 0. The van der Waals surface area contributed by atoms with E-state index in [4.69, 9.17) is 10.5 Å². The summed E-state index contributed by atoms with van der Waals surface area (Å²) in [5.41, 5.74) is 5.88. The van der Waals surface area contributed by atoms with E-state index in [9.17, 15) is 14.9 Å². The zero-order valence-electron chi connectivity index (χ0n) is 11.8. The van der Waals surface area contributed by atoms with Crippen LogP contribution in [-0.4, -0.2) is 23.0 Å². The van der Waals surface area contributed by atoms with Crippen LogP contribution in [-0.2, 0) is 11.3 Å². The van der Waals surface area contributed by atoms with Crippen LogP contribution < -0.4 is 15.8 Å². The highest BCUT2D eigenvalue weighted by Crippen LogP contribution is 2.28. The normalized spacial score (nSPS) is 12.1. The standard InChI is InChI=1S/C13H19N3O4/c1-8(2)15-13(17)9(3)20-12-5-4-10(7-14)6-11(12)16(18)19/h4-6,8-9H,7,14H2,1-3H3,(H,15,17). The number of nitrogens with zero attached hydrogens (tertiary/aromatic N) is 1. The number of nitro groups is 1. The minimum absolute atomic E-state index is 0.0249. The third kappa shape index (κ3) is 4.20. The number of carbonyl (C=O) groups excluding carboxylic acids is 1. The summed E-state index contributed by atoms with van der Waals surface area (Å²) in [7, 11) is 0. The number of amides is 1. The zero-order valence-corrected chi connectivity index (χ0v) is 11.8. The lowest BCUT2D eigenvalue weighted by molar-refractivity contribution is -0.386. The van der Waals surface area contributed by atoms with E-state index in [0.717, 1.165) is 0 Å². The Morgan fingerprint density at radius 3 is 2.60 bits per heavy atom. The van der Waals surface area contributed by atoms with Crippen LogP contribution in [0.3, 0.4) is 0 Å². The molecule has 7 nitrogen and oxygen atoms in total. The Kier molecular flexibility index (Phi) is 5.45. The molecule has 7 heteroatoms. The average molecular weight is 281 g/mol. The van der Waals surface area contributed by atoms with E-state index in [0.29, 0.717) is 5.56 Å². The fraction of sp³-hybridized carbons (Fsp3) is 0.462. The maximum atomic E-state index is 11.7. The Morgan fingerprint density at radius 2 is 2.10 bits per heavy atom. The van der Waals surface area contributed by atoms with Crippen molar-refractivity contribution in [2.45, 2.75) is 39.5 Å². The van der Waals surface area contributed by atoms with E-state index in [1.165, 1.54) is 19.1 Å². The molecule has 0 spiro atoms. The van der Waals surface area contributed by atoms with Crippen LogP contribution in [0.1, 0.15) is 26.3 Å². The summed E-state index contributed by atoms with van der Waals surface area (Å²) in [5.74, 6) is -0.268. The predicted octanol–water partition coefficient (Wildman–Crippen LogP) is 1.35. The van der Waals surface area contributed by atoms with Gasteiger partial charge in [-0.05, 0) is 32.4 Å². The van der Waals surface area contributed by atoms with Gasteiger partial charge in [0.2, 0.25) is 0 Å². The van der Waals surface area contributed by atoms with Gasteiger partial charge in [0.05, 0.1) is 4.92 Å². The van der Waals surface area contributed by atoms with E-state index in [-0.39, 0.29) is 29.9 Å². The molecule has 110 valence electrons. The highest BCUT2D eigenvalue weighted by molar-refractivity contribution is 5.81. The van der Waals surface area contributed by atoms with Gasteiger partial charge in [0.15, 0.2) is 11.9 Å². The molecule has 0 saturated carbocycles. The molecule has 1 unspecified atom stereocenters. The molecule has 0 aliphatic rings. The largest absolute Gasteiger partial charge is 0.474 e. The minimum Gasteiger partial charge on any atom is -0.474 e. The minimum atomic E-state index is -0.820. The van der Waals surface area contributed by atoms with Crippen molar-refractivity contribution in [1.82, 2.24) is 5.32 Å². The van der Waals surface area contributed by atoms with Gasteiger partial charge in [-0.25, -0.2) is 0 Å². The third-order valence-corrected chi connectivity index (χ3v) is 2.56. The second kappa shape index (κ2) is 6.85. The number of nitrogens with one attached hydrogen (secondary N) is 1. The molecule has 0 bridgehead atoms. The first-order valence-corrected chi connectivity index (χ1v) is 6.29. The highest BCUT2D eigenvalue weighted by atomic mass is 16.6. The Morgan fingerprint density at radius 1 is 1.45 bits per heavy atom. The van der Waals surface area contributed by atoms with Gasteiger partial charge < -0.3 is 15.8 Å². The van der Waals surface area contributed by atoms with E-state index in [2.05, 4.69) is 5.32 Å². The van der Waals surface area contributed by atoms with Crippen LogP contribution in [0.2, 0.25) is 0 Å². The van der Waals surface area contributed by atoms with E-state index in [1.54, 1.807) is 6.07 Å². The number of hydrogen-bond donors (Lipinski definition) is 2. The molecule has 0 radical (unpaired) electrons. The summed E-state index contributed by atoms with van der Waals surface area (Å²) in [4.78, 5) is 22.2. The molecule has 1 aromatic carbocycles. The molecule has 0 aromatic heterocycles. The van der Waals surface area contributed by atoms with Crippen molar-refractivity contribution < 1.29 is 14.5 Å². The van der Waals surface area contributed by atoms with Gasteiger partial charge >= 0.3 is 5.69 Å².